The molecule has 0 saturated carbocycles. The molecule has 0 rings (SSSR count). The second-order valence-corrected chi connectivity index (χ2v) is 6.75. The molecule has 0 aromatic rings. The van der Waals surface area contributed by atoms with E-state index in [0.29, 0.717) is 13.2 Å². The molecule has 0 aliphatic rings. The molecule has 0 aliphatic heterocycles. The Labute approximate surface area is 171 Å². The van der Waals surface area contributed by atoms with E-state index in [4.69, 9.17) is 14.0 Å². The summed E-state index contributed by atoms with van der Waals surface area (Å²) in [6.45, 7) is 3.79. The van der Waals surface area contributed by atoms with E-state index >= 15 is 0 Å². The van der Waals surface area contributed by atoms with Crippen LogP contribution < -0.4 is 29.6 Å². The second-order valence-electron chi connectivity index (χ2n) is 5.66. The quantitative estimate of drug-likeness (QED) is 0.217. The minimum absolute atomic E-state index is 0. The van der Waals surface area contributed by atoms with Crippen LogP contribution in [0, 0.1) is 0 Å². The van der Waals surface area contributed by atoms with Crippen LogP contribution in [-0.4, -0.2) is 46.0 Å². The topological polar surface area (TPSA) is 82.1 Å². The van der Waals surface area contributed by atoms with E-state index in [9.17, 15) is 8.42 Å². The van der Waals surface area contributed by atoms with Crippen LogP contribution in [0.25, 0.3) is 0 Å². The van der Waals surface area contributed by atoms with Crippen molar-refractivity contribution >= 4 is 10.4 Å². The number of hydrogen-bond acceptors (Lipinski definition) is 5. The molecule has 0 aromatic heterocycles. The van der Waals surface area contributed by atoms with Crippen LogP contribution in [0.15, 0.2) is 0 Å². The molecule has 0 unspecified atom stereocenters. The Morgan fingerprint density at radius 1 is 0.708 bits per heavy atom. The van der Waals surface area contributed by atoms with Gasteiger partial charge in [0, 0.05) is 6.61 Å². The van der Waals surface area contributed by atoms with Gasteiger partial charge in [0.25, 0.3) is 0 Å². The minimum Gasteiger partial charge on any atom is -1.00 e. The van der Waals surface area contributed by atoms with E-state index in [1.54, 1.807) is 0 Å². The molecule has 1 N–H and O–H groups in total. The number of unbranched alkanes of at least 4 members (excludes halogenated alkanes) is 9. The first-order valence-electron chi connectivity index (χ1n) is 8.83. The molecular formula is C16H35NaO6S. The molecular weight excluding hydrogens is 343 g/mol. The maximum atomic E-state index is 10.2. The standard InChI is InChI=1S/C16H34O6S.Na.H/c1-2-3-4-5-6-7-8-9-10-11-12-20-13-14-21-15-16-22-23(17,18)19;;/h2-16H2,1H3,(H,17,18,19);;/q;+1;-1. The van der Waals surface area contributed by atoms with Crippen molar-refractivity contribution in [3.63, 3.8) is 0 Å². The molecule has 0 saturated heterocycles. The molecule has 24 heavy (non-hydrogen) atoms. The van der Waals surface area contributed by atoms with Gasteiger partial charge in [-0.15, -0.1) is 0 Å². The van der Waals surface area contributed by atoms with E-state index in [1.807, 2.05) is 0 Å². The Morgan fingerprint density at radius 2 is 1.12 bits per heavy atom. The van der Waals surface area contributed by atoms with Crippen molar-refractivity contribution in [3.8, 4) is 0 Å². The molecule has 0 bridgehead atoms. The summed E-state index contributed by atoms with van der Waals surface area (Å²) >= 11 is 0. The molecule has 142 valence electrons. The average Bonchev–Trinajstić information content (AvgIpc) is 2.49. The Hall–Kier alpha value is 0.790. The van der Waals surface area contributed by atoms with Crippen LogP contribution in [0.5, 0.6) is 0 Å². The predicted octanol–water partition coefficient (Wildman–Crippen LogP) is 0.876. The van der Waals surface area contributed by atoms with Crippen LogP contribution in [-0.2, 0) is 24.1 Å². The molecule has 0 spiro atoms. The third-order valence-corrected chi connectivity index (χ3v) is 3.94. The van der Waals surface area contributed by atoms with Crippen LogP contribution in [0.3, 0.4) is 0 Å². The summed E-state index contributed by atoms with van der Waals surface area (Å²) in [5, 5.41) is 0. The van der Waals surface area contributed by atoms with Crippen molar-refractivity contribution in [2.24, 2.45) is 0 Å². The van der Waals surface area contributed by atoms with Crippen LogP contribution in [0.1, 0.15) is 72.6 Å². The van der Waals surface area contributed by atoms with E-state index in [1.165, 1.54) is 57.8 Å². The summed E-state index contributed by atoms with van der Waals surface area (Å²) < 4.78 is 43.4. The zero-order valence-corrected chi connectivity index (χ0v) is 18.3. The van der Waals surface area contributed by atoms with Gasteiger partial charge in [0.2, 0.25) is 0 Å². The molecule has 0 aliphatic carbocycles. The summed E-state index contributed by atoms with van der Waals surface area (Å²) in [5.41, 5.74) is 0. The summed E-state index contributed by atoms with van der Waals surface area (Å²) in [5.74, 6) is 0. The Balaban J connectivity index is -0.00000242. The second kappa shape index (κ2) is 20.1. The molecule has 0 heterocycles. The van der Waals surface area contributed by atoms with Gasteiger partial charge in [0.05, 0.1) is 26.4 Å². The van der Waals surface area contributed by atoms with Gasteiger partial charge < -0.3 is 10.9 Å². The Bertz CT molecular complexity index is 344. The zero-order valence-electron chi connectivity index (χ0n) is 16.5. The van der Waals surface area contributed by atoms with Gasteiger partial charge in [-0.1, -0.05) is 64.7 Å². The van der Waals surface area contributed by atoms with Gasteiger partial charge in [-0.2, -0.15) is 8.42 Å². The summed E-state index contributed by atoms with van der Waals surface area (Å²) in [4.78, 5) is 0. The summed E-state index contributed by atoms with van der Waals surface area (Å²) in [6, 6.07) is 0. The van der Waals surface area contributed by atoms with Crippen LogP contribution in [0.4, 0.5) is 0 Å². The van der Waals surface area contributed by atoms with Gasteiger partial charge in [-0.05, 0) is 6.42 Å². The molecule has 6 nitrogen and oxygen atoms in total. The van der Waals surface area contributed by atoms with Crippen molar-refractivity contribution in [1.29, 1.82) is 0 Å². The van der Waals surface area contributed by atoms with Crippen molar-refractivity contribution in [2.45, 2.75) is 71.1 Å². The molecule has 0 radical (unpaired) electrons. The predicted molar refractivity (Wildman–Crippen MR) is 92.1 cm³/mol. The molecule has 0 aromatic carbocycles. The van der Waals surface area contributed by atoms with E-state index in [2.05, 4.69) is 11.1 Å². The van der Waals surface area contributed by atoms with Crippen LogP contribution in [0.2, 0.25) is 0 Å². The number of ether oxygens (including phenoxy) is 2. The van der Waals surface area contributed by atoms with E-state index < -0.39 is 10.4 Å². The van der Waals surface area contributed by atoms with Crippen molar-refractivity contribution in [2.75, 3.05) is 33.0 Å². The normalized spacial score (nSPS) is 11.4. The van der Waals surface area contributed by atoms with Crippen molar-refractivity contribution < 1.29 is 57.6 Å². The van der Waals surface area contributed by atoms with Gasteiger partial charge in [0.15, 0.2) is 0 Å². The maximum absolute atomic E-state index is 10.2. The van der Waals surface area contributed by atoms with E-state index in [-0.39, 0.29) is 44.2 Å². The van der Waals surface area contributed by atoms with Gasteiger partial charge in [0.1, 0.15) is 0 Å². The number of rotatable bonds is 18. The Kier molecular flexibility index (Phi) is 22.6. The smallest absolute Gasteiger partial charge is 1.00 e. The molecule has 0 atom stereocenters. The third-order valence-electron chi connectivity index (χ3n) is 3.47. The van der Waals surface area contributed by atoms with Crippen LogP contribution >= 0.6 is 0 Å². The fourth-order valence-electron chi connectivity index (χ4n) is 2.21. The largest absolute Gasteiger partial charge is 1.00 e. The summed E-state index contributed by atoms with van der Waals surface area (Å²) in [6.07, 6.45) is 13.0. The van der Waals surface area contributed by atoms with Gasteiger partial charge in [-0.3, -0.25) is 4.55 Å². The Morgan fingerprint density at radius 3 is 1.62 bits per heavy atom. The first-order valence-corrected chi connectivity index (χ1v) is 10.2. The van der Waals surface area contributed by atoms with Crippen molar-refractivity contribution in [1.82, 2.24) is 0 Å². The molecule has 0 fully saturated rings. The monoisotopic (exact) mass is 378 g/mol. The minimum atomic E-state index is -4.36. The maximum Gasteiger partial charge on any atom is 1.00 e. The van der Waals surface area contributed by atoms with E-state index in [0.717, 1.165) is 13.0 Å². The fourth-order valence-corrected chi connectivity index (χ4v) is 2.49. The zero-order chi connectivity index (χ0) is 17.2. The first-order chi connectivity index (χ1) is 11.1. The first kappa shape index (κ1) is 27.0. The third kappa shape index (κ3) is 25.0. The average molecular weight is 379 g/mol. The molecule has 8 heteroatoms. The van der Waals surface area contributed by atoms with Crippen molar-refractivity contribution in [3.05, 3.63) is 0 Å². The SMILES string of the molecule is CCCCCCCCCCCCOCCOCCOS(=O)(=O)O.[H-].[Na+]. The number of hydrogen-bond donors (Lipinski definition) is 1. The van der Waals surface area contributed by atoms with Gasteiger partial charge >= 0.3 is 40.0 Å². The van der Waals surface area contributed by atoms with Gasteiger partial charge in [-0.25, -0.2) is 4.18 Å². The fraction of sp³-hybridized carbons (Fsp3) is 1.00. The molecule has 0 amide bonds. The summed E-state index contributed by atoms with van der Waals surface area (Å²) in [7, 11) is -4.36.